The molecule has 1 N–H and O–H groups in total. The molecule has 8 heteroatoms. The number of amides is 1. The predicted octanol–water partition coefficient (Wildman–Crippen LogP) is 5.64. The van der Waals surface area contributed by atoms with Gasteiger partial charge in [0.15, 0.2) is 5.13 Å². The van der Waals surface area contributed by atoms with Gasteiger partial charge in [0.2, 0.25) is 0 Å². The molecule has 0 aliphatic carbocycles. The van der Waals surface area contributed by atoms with E-state index in [4.69, 9.17) is 9.47 Å². The van der Waals surface area contributed by atoms with Crippen LogP contribution in [-0.2, 0) is 9.59 Å². The molecule has 4 aromatic rings. The van der Waals surface area contributed by atoms with Gasteiger partial charge in [-0.15, -0.1) is 0 Å². The number of aryl methyl sites for hydroxylation is 1. The van der Waals surface area contributed by atoms with Gasteiger partial charge in [0.25, 0.3) is 5.78 Å². The van der Waals surface area contributed by atoms with Crippen molar-refractivity contribution in [2.45, 2.75) is 19.9 Å². The van der Waals surface area contributed by atoms with Gasteiger partial charge < -0.3 is 14.6 Å². The summed E-state index contributed by atoms with van der Waals surface area (Å²) in [7, 11) is 1.55. The molecule has 182 valence electrons. The average Bonchev–Trinajstić information content (AvgIpc) is 3.42. The second kappa shape index (κ2) is 9.47. The number of anilines is 1. The maximum Gasteiger partial charge on any atom is 0.301 e. The number of benzene rings is 3. The monoisotopic (exact) mass is 500 g/mol. The molecule has 5 rings (SSSR count). The van der Waals surface area contributed by atoms with E-state index < -0.39 is 17.7 Å². The minimum Gasteiger partial charge on any atom is -0.507 e. The third-order valence-corrected chi connectivity index (χ3v) is 7.08. The van der Waals surface area contributed by atoms with E-state index in [1.165, 1.54) is 16.2 Å². The maximum atomic E-state index is 13.4. The predicted molar refractivity (Wildman–Crippen MR) is 140 cm³/mol. The van der Waals surface area contributed by atoms with Crippen LogP contribution in [0.25, 0.3) is 16.0 Å². The summed E-state index contributed by atoms with van der Waals surface area (Å²) < 4.78 is 11.6. The highest BCUT2D eigenvalue weighted by Gasteiger charge is 2.48. The number of hydrogen-bond donors (Lipinski definition) is 1. The number of aliphatic hydroxyl groups is 1. The van der Waals surface area contributed by atoms with Gasteiger partial charge in [-0.25, -0.2) is 4.98 Å². The minimum atomic E-state index is -0.834. The van der Waals surface area contributed by atoms with E-state index in [9.17, 15) is 14.7 Å². The van der Waals surface area contributed by atoms with Crippen LogP contribution in [0.2, 0.25) is 0 Å². The zero-order chi connectivity index (χ0) is 25.4. The Morgan fingerprint density at radius 2 is 1.72 bits per heavy atom. The Kier molecular flexibility index (Phi) is 6.20. The van der Waals surface area contributed by atoms with E-state index in [1.807, 2.05) is 56.3 Å². The van der Waals surface area contributed by atoms with Gasteiger partial charge in [0.05, 0.1) is 35.5 Å². The molecule has 0 spiro atoms. The maximum absolute atomic E-state index is 13.4. The molecule has 1 atom stereocenters. The van der Waals surface area contributed by atoms with Gasteiger partial charge in [0, 0.05) is 5.56 Å². The van der Waals surface area contributed by atoms with Gasteiger partial charge >= 0.3 is 5.91 Å². The second-order valence-corrected chi connectivity index (χ2v) is 9.38. The number of ketones is 1. The highest BCUT2D eigenvalue weighted by Crippen LogP contribution is 2.44. The summed E-state index contributed by atoms with van der Waals surface area (Å²) in [6, 6.07) is 18.9. The van der Waals surface area contributed by atoms with E-state index >= 15 is 0 Å². The van der Waals surface area contributed by atoms with Gasteiger partial charge in [-0.1, -0.05) is 41.2 Å². The summed E-state index contributed by atoms with van der Waals surface area (Å²) in [6.45, 7) is 4.40. The summed E-state index contributed by atoms with van der Waals surface area (Å²) in [5, 5.41) is 11.6. The lowest BCUT2D eigenvalue weighted by Gasteiger charge is -2.23. The Morgan fingerprint density at radius 1 is 1.03 bits per heavy atom. The van der Waals surface area contributed by atoms with Gasteiger partial charge in [-0.05, 0) is 61.9 Å². The van der Waals surface area contributed by atoms with Crippen LogP contribution in [0.4, 0.5) is 5.13 Å². The number of aromatic nitrogens is 1. The molecule has 1 aromatic heterocycles. The van der Waals surface area contributed by atoms with Crippen molar-refractivity contribution in [1.29, 1.82) is 0 Å². The Hall–Kier alpha value is -4.17. The van der Waals surface area contributed by atoms with Crippen molar-refractivity contribution in [3.8, 4) is 11.5 Å². The third kappa shape index (κ3) is 4.09. The summed E-state index contributed by atoms with van der Waals surface area (Å²) in [4.78, 5) is 32.8. The zero-order valence-corrected chi connectivity index (χ0v) is 20.8. The molecule has 2 heterocycles. The molecule has 36 heavy (non-hydrogen) atoms. The number of ether oxygens (including phenoxy) is 2. The number of aliphatic hydroxyl groups excluding tert-OH is 1. The lowest BCUT2D eigenvalue weighted by molar-refractivity contribution is -0.132. The Morgan fingerprint density at radius 3 is 2.39 bits per heavy atom. The van der Waals surface area contributed by atoms with E-state index in [1.54, 1.807) is 31.4 Å². The van der Waals surface area contributed by atoms with Crippen molar-refractivity contribution >= 4 is 44.1 Å². The molecule has 1 saturated heterocycles. The topological polar surface area (TPSA) is 89.0 Å². The Balaban J connectivity index is 1.67. The summed E-state index contributed by atoms with van der Waals surface area (Å²) in [5.41, 5.74) is 2.86. The highest BCUT2D eigenvalue weighted by atomic mass is 32.1. The first-order valence-corrected chi connectivity index (χ1v) is 12.3. The van der Waals surface area contributed by atoms with Gasteiger partial charge in [-0.3, -0.25) is 14.5 Å². The molecule has 1 amide bonds. The van der Waals surface area contributed by atoms with Crippen molar-refractivity contribution in [3.63, 3.8) is 0 Å². The average molecular weight is 501 g/mol. The number of carbonyl (C=O) groups excluding carboxylic acids is 2. The van der Waals surface area contributed by atoms with Crippen molar-refractivity contribution < 1.29 is 24.2 Å². The van der Waals surface area contributed by atoms with Crippen LogP contribution in [0.5, 0.6) is 11.5 Å². The summed E-state index contributed by atoms with van der Waals surface area (Å²) in [6.07, 6.45) is 0. The fraction of sp³-hybridized carbons (Fsp3) is 0.179. The number of thiazole rings is 1. The number of methoxy groups -OCH3 is 1. The fourth-order valence-corrected chi connectivity index (χ4v) is 5.27. The molecule has 1 unspecified atom stereocenters. The van der Waals surface area contributed by atoms with Crippen molar-refractivity contribution in [3.05, 3.63) is 89.0 Å². The van der Waals surface area contributed by atoms with Crippen LogP contribution in [0.15, 0.2) is 72.3 Å². The fourth-order valence-electron chi connectivity index (χ4n) is 4.25. The minimum absolute atomic E-state index is 0.0169. The number of nitrogens with zero attached hydrogens (tertiary/aromatic N) is 2. The van der Waals surface area contributed by atoms with Gasteiger partial charge in [0.1, 0.15) is 17.3 Å². The molecule has 7 nitrogen and oxygen atoms in total. The zero-order valence-electron chi connectivity index (χ0n) is 20.0. The molecule has 1 aliphatic rings. The Labute approximate surface area is 212 Å². The number of fused-ring (bicyclic) bond motifs is 1. The first kappa shape index (κ1) is 23.6. The van der Waals surface area contributed by atoms with Crippen LogP contribution >= 0.6 is 11.3 Å². The number of rotatable bonds is 6. The lowest BCUT2D eigenvalue weighted by Crippen LogP contribution is -2.29. The third-order valence-electron chi connectivity index (χ3n) is 6.07. The van der Waals surface area contributed by atoms with E-state index in [-0.39, 0.29) is 11.3 Å². The molecular weight excluding hydrogens is 476 g/mol. The van der Waals surface area contributed by atoms with Crippen LogP contribution < -0.4 is 14.4 Å². The molecule has 3 aromatic carbocycles. The smallest absolute Gasteiger partial charge is 0.301 e. The molecule has 0 bridgehead atoms. The van der Waals surface area contributed by atoms with Crippen molar-refractivity contribution in [1.82, 2.24) is 4.98 Å². The molecular formula is C28H24N2O5S. The van der Waals surface area contributed by atoms with Gasteiger partial charge in [-0.2, -0.15) is 0 Å². The second-order valence-electron chi connectivity index (χ2n) is 8.37. The quantitative estimate of drug-likeness (QED) is 0.209. The highest BCUT2D eigenvalue weighted by molar-refractivity contribution is 7.22. The van der Waals surface area contributed by atoms with E-state index in [0.29, 0.717) is 39.9 Å². The number of carbonyl (C=O) groups is 2. The van der Waals surface area contributed by atoms with Crippen LogP contribution in [0.3, 0.4) is 0 Å². The molecule has 0 saturated carbocycles. The standard InChI is InChI=1S/C28H24N2O5S/c1-4-35-20-13-14-21-22(15-20)36-28(29-21)30-24(17-7-5-16(2)6-8-17)23(26(32)27(30)33)25(31)18-9-11-19(34-3)12-10-18/h5-15,24,31H,4H2,1-3H3. The van der Waals surface area contributed by atoms with Crippen molar-refractivity contribution in [2.24, 2.45) is 0 Å². The van der Waals surface area contributed by atoms with Crippen LogP contribution in [-0.4, -0.2) is 35.5 Å². The SMILES string of the molecule is CCOc1ccc2nc(N3C(=O)C(=O)C(=C(O)c4ccc(OC)cc4)C3c3ccc(C)cc3)sc2c1. The molecule has 1 aliphatic heterocycles. The molecule has 1 fully saturated rings. The van der Waals surface area contributed by atoms with Crippen LogP contribution in [0.1, 0.15) is 29.7 Å². The number of hydrogen-bond acceptors (Lipinski definition) is 7. The van der Waals surface area contributed by atoms with E-state index in [2.05, 4.69) is 4.98 Å². The first-order chi connectivity index (χ1) is 17.4. The Bertz CT molecular complexity index is 1490. The summed E-state index contributed by atoms with van der Waals surface area (Å²) >= 11 is 1.30. The van der Waals surface area contributed by atoms with E-state index in [0.717, 1.165) is 10.3 Å². The first-order valence-electron chi connectivity index (χ1n) is 11.5. The lowest BCUT2D eigenvalue weighted by atomic mass is 9.95. The largest absolute Gasteiger partial charge is 0.507 e. The van der Waals surface area contributed by atoms with Crippen LogP contribution in [0, 0.1) is 6.92 Å². The summed E-state index contributed by atoms with van der Waals surface area (Å²) in [5.74, 6) is -0.425. The normalized spacial score (nSPS) is 17.1. The number of Topliss-reactive ketones (excluding diaryl/α,β-unsaturated/α-hetero) is 1. The van der Waals surface area contributed by atoms with Crippen molar-refractivity contribution in [2.75, 3.05) is 18.6 Å². The molecule has 0 radical (unpaired) electrons.